The average molecular weight is 393 g/mol. The van der Waals surface area contributed by atoms with Gasteiger partial charge in [-0.2, -0.15) is 5.10 Å². The first kappa shape index (κ1) is 18.7. The van der Waals surface area contributed by atoms with Gasteiger partial charge < -0.3 is 10.3 Å². The number of nitrogens with zero attached hydrogens (tertiary/aromatic N) is 2. The summed E-state index contributed by atoms with van der Waals surface area (Å²) in [6.07, 6.45) is 0. The lowest BCUT2D eigenvalue weighted by atomic mass is 9.90. The molecule has 0 radical (unpaired) electrons. The Bertz CT molecular complexity index is 1140. The smallest absolute Gasteiger partial charge is 0.254 e. The maximum Gasteiger partial charge on any atom is 0.254 e. The van der Waals surface area contributed by atoms with E-state index in [1.54, 1.807) is 11.3 Å². The van der Waals surface area contributed by atoms with Crippen molar-refractivity contribution in [3.8, 4) is 5.69 Å². The van der Waals surface area contributed by atoms with Gasteiger partial charge in [-0.25, -0.2) is 4.68 Å². The molecule has 0 spiro atoms. The monoisotopic (exact) mass is 392 g/mol. The molecule has 0 saturated heterocycles. The average Bonchev–Trinajstić information content (AvgIpc) is 3.30. The zero-order chi connectivity index (χ0) is 19.7. The SMILES string of the molecule is CC(C)(C)c1nn(-c2ccccc2)c2[nH]c(=O)c(CNCc3cccs3)cc12. The van der Waals surface area contributed by atoms with Gasteiger partial charge in [0, 0.05) is 34.3 Å². The van der Waals surface area contributed by atoms with E-state index in [9.17, 15) is 4.79 Å². The van der Waals surface area contributed by atoms with Gasteiger partial charge in [-0.15, -0.1) is 11.3 Å². The van der Waals surface area contributed by atoms with Crippen molar-refractivity contribution in [1.82, 2.24) is 20.1 Å². The van der Waals surface area contributed by atoms with E-state index >= 15 is 0 Å². The highest BCUT2D eigenvalue weighted by atomic mass is 32.1. The minimum Gasteiger partial charge on any atom is -0.308 e. The topological polar surface area (TPSA) is 62.7 Å². The number of hydrogen-bond acceptors (Lipinski definition) is 4. The number of H-pyrrole nitrogens is 1. The Labute approximate surface area is 168 Å². The zero-order valence-electron chi connectivity index (χ0n) is 16.3. The number of rotatable bonds is 5. The van der Waals surface area contributed by atoms with Crippen LogP contribution in [0.15, 0.2) is 58.7 Å². The second kappa shape index (κ2) is 7.37. The van der Waals surface area contributed by atoms with Crippen LogP contribution in [0.25, 0.3) is 16.7 Å². The molecule has 0 atom stereocenters. The molecule has 5 nitrogen and oxygen atoms in total. The van der Waals surface area contributed by atoms with Crippen molar-refractivity contribution in [2.24, 2.45) is 0 Å². The van der Waals surface area contributed by atoms with Crippen LogP contribution in [0.2, 0.25) is 0 Å². The molecule has 0 unspecified atom stereocenters. The van der Waals surface area contributed by atoms with E-state index in [0.717, 1.165) is 34.5 Å². The lowest BCUT2D eigenvalue weighted by Gasteiger charge is -2.15. The third kappa shape index (κ3) is 3.66. The molecular weight excluding hydrogens is 368 g/mol. The van der Waals surface area contributed by atoms with Gasteiger partial charge in [-0.3, -0.25) is 4.79 Å². The van der Waals surface area contributed by atoms with E-state index in [2.05, 4.69) is 42.5 Å². The normalized spacial score (nSPS) is 12.0. The van der Waals surface area contributed by atoms with Crippen LogP contribution in [-0.2, 0) is 18.5 Å². The summed E-state index contributed by atoms with van der Waals surface area (Å²) < 4.78 is 1.83. The molecular formula is C22H24N4OS. The van der Waals surface area contributed by atoms with Crippen molar-refractivity contribution >= 4 is 22.4 Å². The summed E-state index contributed by atoms with van der Waals surface area (Å²) >= 11 is 1.71. The second-order valence-electron chi connectivity index (χ2n) is 7.91. The van der Waals surface area contributed by atoms with Gasteiger partial charge >= 0.3 is 0 Å². The Morgan fingerprint density at radius 1 is 1.11 bits per heavy atom. The predicted molar refractivity (Wildman–Crippen MR) is 115 cm³/mol. The lowest BCUT2D eigenvalue weighted by molar-refractivity contribution is 0.565. The number of pyridine rings is 1. The third-order valence-electron chi connectivity index (χ3n) is 4.67. The van der Waals surface area contributed by atoms with E-state index < -0.39 is 0 Å². The molecule has 0 aliphatic rings. The van der Waals surface area contributed by atoms with Gasteiger partial charge in [-0.1, -0.05) is 45.0 Å². The fourth-order valence-electron chi connectivity index (χ4n) is 3.29. The number of fused-ring (bicyclic) bond motifs is 1. The Morgan fingerprint density at radius 3 is 2.57 bits per heavy atom. The largest absolute Gasteiger partial charge is 0.308 e. The highest BCUT2D eigenvalue weighted by Crippen LogP contribution is 2.29. The van der Waals surface area contributed by atoms with Gasteiger partial charge in [0.25, 0.3) is 5.56 Å². The molecule has 0 fully saturated rings. The molecule has 0 aliphatic heterocycles. The highest BCUT2D eigenvalue weighted by molar-refractivity contribution is 7.09. The number of aromatic nitrogens is 3. The van der Waals surface area contributed by atoms with E-state index in [0.29, 0.717) is 6.54 Å². The Hall–Kier alpha value is -2.70. The number of aromatic amines is 1. The standard InChI is InChI=1S/C22H24N4OS/c1-22(2,3)19-18-12-15(13-23-14-17-10-7-11-28-17)21(27)24-20(18)26(25-19)16-8-5-4-6-9-16/h4-12,23H,13-14H2,1-3H3,(H,24,27). The quantitative estimate of drug-likeness (QED) is 0.530. The fourth-order valence-corrected chi connectivity index (χ4v) is 3.96. The predicted octanol–water partition coefficient (Wildman–Crippen LogP) is 4.36. The highest BCUT2D eigenvalue weighted by Gasteiger charge is 2.24. The molecule has 6 heteroatoms. The summed E-state index contributed by atoms with van der Waals surface area (Å²) in [6.45, 7) is 7.70. The first-order chi connectivity index (χ1) is 13.4. The van der Waals surface area contributed by atoms with Crippen LogP contribution in [0.4, 0.5) is 0 Å². The zero-order valence-corrected chi connectivity index (χ0v) is 17.1. The number of para-hydroxylation sites is 1. The first-order valence-corrected chi connectivity index (χ1v) is 10.3. The molecule has 4 aromatic rings. The second-order valence-corrected chi connectivity index (χ2v) is 8.95. The summed E-state index contributed by atoms with van der Waals surface area (Å²) in [5.74, 6) is 0. The van der Waals surface area contributed by atoms with Crippen LogP contribution in [0, 0.1) is 0 Å². The van der Waals surface area contributed by atoms with Crippen LogP contribution < -0.4 is 10.9 Å². The van der Waals surface area contributed by atoms with Gasteiger partial charge in [0.2, 0.25) is 0 Å². The van der Waals surface area contributed by atoms with Crippen molar-refractivity contribution in [3.05, 3.63) is 80.4 Å². The molecule has 4 rings (SSSR count). The van der Waals surface area contributed by atoms with Gasteiger partial charge in [0.1, 0.15) is 5.65 Å². The Kier molecular flexibility index (Phi) is 4.91. The number of nitrogens with one attached hydrogen (secondary N) is 2. The van der Waals surface area contributed by atoms with Crippen molar-refractivity contribution in [1.29, 1.82) is 0 Å². The minimum absolute atomic E-state index is 0.0799. The maximum atomic E-state index is 12.7. The molecule has 0 amide bonds. The van der Waals surface area contributed by atoms with Crippen molar-refractivity contribution < 1.29 is 0 Å². The molecule has 3 aromatic heterocycles. The van der Waals surface area contributed by atoms with E-state index in [-0.39, 0.29) is 11.0 Å². The van der Waals surface area contributed by atoms with E-state index in [1.807, 2.05) is 47.1 Å². The Balaban J connectivity index is 1.76. The summed E-state index contributed by atoms with van der Waals surface area (Å²) in [5.41, 5.74) is 3.15. The van der Waals surface area contributed by atoms with E-state index in [1.165, 1.54) is 4.88 Å². The fraction of sp³-hybridized carbons (Fsp3) is 0.273. The van der Waals surface area contributed by atoms with Crippen molar-refractivity contribution in [2.75, 3.05) is 0 Å². The van der Waals surface area contributed by atoms with Crippen LogP contribution in [-0.4, -0.2) is 14.8 Å². The third-order valence-corrected chi connectivity index (χ3v) is 5.55. The number of benzene rings is 1. The summed E-state index contributed by atoms with van der Waals surface area (Å²) in [6, 6.07) is 16.0. The molecule has 1 aromatic carbocycles. The molecule has 0 bridgehead atoms. The van der Waals surface area contributed by atoms with E-state index in [4.69, 9.17) is 5.10 Å². The van der Waals surface area contributed by atoms with Gasteiger partial charge in [0.15, 0.2) is 0 Å². The lowest BCUT2D eigenvalue weighted by Crippen LogP contribution is -2.21. The van der Waals surface area contributed by atoms with Gasteiger partial charge in [0.05, 0.1) is 11.4 Å². The number of hydrogen-bond donors (Lipinski definition) is 2. The molecule has 144 valence electrons. The Morgan fingerprint density at radius 2 is 1.89 bits per heavy atom. The van der Waals surface area contributed by atoms with Crippen LogP contribution in [0.3, 0.4) is 0 Å². The molecule has 0 saturated carbocycles. The van der Waals surface area contributed by atoms with Crippen molar-refractivity contribution in [2.45, 2.75) is 39.3 Å². The molecule has 0 aliphatic carbocycles. The van der Waals surface area contributed by atoms with Crippen LogP contribution in [0.5, 0.6) is 0 Å². The summed E-state index contributed by atoms with van der Waals surface area (Å²) in [4.78, 5) is 17.1. The first-order valence-electron chi connectivity index (χ1n) is 9.37. The number of thiophene rings is 1. The maximum absolute atomic E-state index is 12.7. The minimum atomic E-state index is -0.141. The van der Waals surface area contributed by atoms with Crippen molar-refractivity contribution in [3.63, 3.8) is 0 Å². The molecule has 2 N–H and O–H groups in total. The van der Waals surface area contributed by atoms with Gasteiger partial charge in [-0.05, 0) is 29.6 Å². The molecule has 28 heavy (non-hydrogen) atoms. The summed E-state index contributed by atoms with van der Waals surface area (Å²) in [7, 11) is 0. The molecule has 3 heterocycles. The summed E-state index contributed by atoms with van der Waals surface area (Å²) in [5, 5.41) is 11.3. The van der Waals surface area contributed by atoms with Crippen LogP contribution >= 0.6 is 11.3 Å². The van der Waals surface area contributed by atoms with Crippen LogP contribution in [0.1, 0.15) is 36.9 Å².